The molecule has 1 amide bonds. The number of carbonyl (C=O) groups is 1. The van der Waals surface area contributed by atoms with Crippen molar-refractivity contribution < 1.29 is 9.53 Å². The highest BCUT2D eigenvalue weighted by Gasteiger charge is 2.19. The van der Waals surface area contributed by atoms with Crippen LogP contribution in [0.25, 0.3) is 0 Å². The molecule has 16 heavy (non-hydrogen) atoms. The molecule has 0 aliphatic carbocycles. The second-order valence-electron chi connectivity index (χ2n) is 4.35. The molecule has 1 rings (SSSR count). The Kier molecular flexibility index (Phi) is 5.73. The van der Waals surface area contributed by atoms with Gasteiger partial charge in [0.2, 0.25) is 5.91 Å². The van der Waals surface area contributed by atoms with Gasteiger partial charge < -0.3 is 15.0 Å². The summed E-state index contributed by atoms with van der Waals surface area (Å²) < 4.78 is 5.08. The molecule has 5 heteroatoms. The fourth-order valence-electron chi connectivity index (χ4n) is 1.75. The lowest BCUT2D eigenvalue weighted by Crippen LogP contribution is -2.50. The molecule has 1 fully saturated rings. The molecule has 94 valence electrons. The molecule has 0 radical (unpaired) electrons. The molecule has 1 heterocycles. The third kappa shape index (κ3) is 4.08. The monoisotopic (exact) mass is 229 g/mol. The Morgan fingerprint density at radius 3 is 2.69 bits per heavy atom. The third-order valence-electron chi connectivity index (χ3n) is 3.01. The van der Waals surface area contributed by atoms with E-state index in [-0.39, 0.29) is 11.9 Å². The first kappa shape index (κ1) is 13.4. The van der Waals surface area contributed by atoms with Crippen molar-refractivity contribution in [1.82, 2.24) is 15.1 Å². The number of ether oxygens (including phenoxy) is 1. The molecule has 1 atom stereocenters. The molecular weight excluding hydrogens is 206 g/mol. The van der Waals surface area contributed by atoms with Gasteiger partial charge in [-0.3, -0.25) is 9.69 Å². The maximum absolute atomic E-state index is 11.9. The molecular formula is C11H23N3O2. The summed E-state index contributed by atoms with van der Waals surface area (Å²) in [6, 6.07) is 0.275. The third-order valence-corrected chi connectivity index (χ3v) is 3.01. The Morgan fingerprint density at radius 1 is 1.50 bits per heavy atom. The van der Waals surface area contributed by atoms with Crippen LogP contribution in [0.3, 0.4) is 0 Å². The van der Waals surface area contributed by atoms with E-state index in [2.05, 4.69) is 12.2 Å². The lowest BCUT2D eigenvalue weighted by molar-refractivity contribution is -0.133. The summed E-state index contributed by atoms with van der Waals surface area (Å²) in [7, 11) is 3.65. The minimum atomic E-state index is 0.215. The second-order valence-corrected chi connectivity index (χ2v) is 4.35. The van der Waals surface area contributed by atoms with Gasteiger partial charge in [-0.05, 0) is 14.0 Å². The van der Waals surface area contributed by atoms with E-state index in [9.17, 15) is 4.79 Å². The minimum Gasteiger partial charge on any atom is -0.383 e. The Labute approximate surface area is 97.7 Å². The van der Waals surface area contributed by atoms with Gasteiger partial charge in [0.05, 0.1) is 13.2 Å². The molecule has 0 spiro atoms. The number of methoxy groups -OCH3 is 1. The number of amides is 1. The van der Waals surface area contributed by atoms with E-state index in [1.165, 1.54) is 0 Å². The van der Waals surface area contributed by atoms with Crippen molar-refractivity contribution in [1.29, 1.82) is 0 Å². The summed E-state index contributed by atoms with van der Waals surface area (Å²) in [6.07, 6.45) is 0. The molecule has 0 aromatic rings. The number of nitrogens with zero attached hydrogens (tertiary/aromatic N) is 2. The first-order chi connectivity index (χ1) is 7.65. The van der Waals surface area contributed by atoms with Crippen LogP contribution in [-0.4, -0.2) is 75.2 Å². The summed E-state index contributed by atoms with van der Waals surface area (Å²) in [4.78, 5) is 15.9. The predicted molar refractivity (Wildman–Crippen MR) is 63.4 cm³/mol. The molecule has 5 nitrogen and oxygen atoms in total. The number of likely N-dealkylation sites (N-methyl/N-ethyl adjacent to an activating group) is 1. The smallest absolute Gasteiger partial charge is 0.236 e. The molecule has 0 bridgehead atoms. The summed E-state index contributed by atoms with van der Waals surface area (Å²) in [6.45, 7) is 6.66. The zero-order valence-corrected chi connectivity index (χ0v) is 10.5. The molecule has 1 saturated heterocycles. The predicted octanol–water partition coefficient (Wildman–Crippen LogP) is -0.615. The van der Waals surface area contributed by atoms with Crippen LogP contribution in [0.2, 0.25) is 0 Å². The highest BCUT2D eigenvalue weighted by Crippen LogP contribution is 1.99. The van der Waals surface area contributed by atoms with Crippen LogP contribution in [0, 0.1) is 0 Å². The number of hydrogen-bond acceptors (Lipinski definition) is 4. The fraction of sp³-hybridized carbons (Fsp3) is 0.909. The van der Waals surface area contributed by atoms with E-state index in [4.69, 9.17) is 4.74 Å². The second kappa shape index (κ2) is 6.83. The van der Waals surface area contributed by atoms with Crippen LogP contribution >= 0.6 is 0 Å². The lowest BCUT2D eigenvalue weighted by Gasteiger charge is -2.30. The Morgan fingerprint density at radius 2 is 2.12 bits per heavy atom. The van der Waals surface area contributed by atoms with Crippen LogP contribution in [0.15, 0.2) is 0 Å². The number of nitrogens with one attached hydrogen (secondary N) is 1. The molecule has 1 aliphatic heterocycles. The van der Waals surface area contributed by atoms with E-state index in [1.807, 2.05) is 16.8 Å². The van der Waals surface area contributed by atoms with Crippen molar-refractivity contribution in [2.24, 2.45) is 0 Å². The summed E-state index contributed by atoms with van der Waals surface area (Å²) in [5, 5.41) is 3.24. The minimum absolute atomic E-state index is 0.215. The average Bonchev–Trinajstić information content (AvgIpc) is 2.30. The van der Waals surface area contributed by atoms with Gasteiger partial charge in [0.15, 0.2) is 0 Å². The maximum Gasteiger partial charge on any atom is 0.236 e. The Hall–Kier alpha value is -0.650. The van der Waals surface area contributed by atoms with E-state index < -0.39 is 0 Å². The van der Waals surface area contributed by atoms with Gasteiger partial charge in [0, 0.05) is 39.3 Å². The van der Waals surface area contributed by atoms with Crippen molar-refractivity contribution in [3.05, 3.63) is 0 Å². The zero-order valence-electron chi connectivity index (χ0n) is 10.5. The van der Waals surface area contributed by atoms with E-state index in [0.29, 0.717) is 13.2 Å². The first-order valence-corrected chi connectivity index (χ1v) is 5.83. The van der Waals surface area contributed by atoms with Gasteiger partial charge >= 0.3 is 0 Å². The number of piperazine rings is 1. The van der Waals surface area contributed by atoms with Crippen molar-refractivity contribution in [3.8, 4) is 0 Å². The van der Waals surface area contributed by atoms with E-state index in [0.717, 1.165) is 26.2 Å². The highest BCUT2D eigenvalue weighted by molar-refractivity contribution is 5.78. The maximum atomic E-state index is 11.9. The van der Waals surface area contributed by atoms with E-state index in [1.54, 1.807) is 7.11 Å². The lowest BCUT2D eigenvalue weighted by atomic mass is 10.3. The first-order valence-electron chi connectivity index (χ1n) is 5.83. The highest BCUT2D eigenvalue weighted by atomic mass is 16.5. The van der Waals surface area contributed by atoms with Crippen LogP contribution in [0.5, 0.6) is 0 Å². The fourth-order valence-corrected chi connectivity index (χ4v) is 1.75. The van der Waals surface area contributed by atoms with Gasteiger partial charge in [0.1, 0.15) is 0 Å². The molecule has 0 aromatic carbocycles. The number of rotatable bonds is 5. The summed E-state index contributed by atoms with van der Waals surface area (Å²) >= 11 is 0. The number of carbonyl (C=O) groups excluding carboxylic acids is 1. The largest absolute Gasteiger partial charge is 0.383 e. The zero-order chi connectivity index (χ0) is 12.0. The Bertz CT molecular complexity index is 217. The molecule has 1 N–H and O–H groups in total. The van der Waals surface area contributed by atoms with E-state index >= 15 is 0 Å². The van der Waals surface area contributed by atoms with Gasteiger partial charge in [-0.1, -0.05) is 0 Å². The van der Waals surface area contributed by atoms with Crippen molar-refractivity contribution in [3.63, 3.8) is 0 Å². The Balaban J connectivity index is 2.31. The SMILES string of the molecule is COCC(C)N(C)CC(=O)N1CCNCC1. The van der Waals surface area contributed by atoms with Gasteiger partial charge in [-0.2, -0.15) is 0 Å². The van der Waals surface area contributed by atoms with Gasteiger partial charge in [0.25, 0.3) is 0 Å². The van der Waals surface area contributed by atoms with Crippen LogP contribution in [-0.2, 0) is 9.53 Å². The average molecular weight is 229 g/mol. The summed E-state index contributed by atoms with van der Waals surface area (Å²) in [5.74, 6) is 0.215. The number of hydrogen-bond donors (Lipinski definition) is 1. The molecule has 1 unspecified atom stereocenters. The van der Waals surface area contributed by atoms with Crippen LogP contribution < -0.4 is 5.32 Å². The molecule has 0 saturated carbocycles. The van der Waals surface area contributed by atoms with Gasteiger partial charge in [-0.15, -0.1) is 0 Å². The molecule has 1 aliphatic rings. The van der Waals surface area contributed by atoms with Crippen LogP contribution in [0.1, 0.15) is 6.92 Å². The van der Waals surface area contributed by atoms with Crippen molar-refractivity contribution >= 4 is 5.91 Å². The quantitative estimate of drug-likeness (QED) is 0.683. The normalized spacial score (nSPS) is 18.9. The standard InChI is InChI=1S/C11H23N3O2/c1-10(9-16-3)13(2)8-11(15)14-6-4-12-5-7-14/h10,12H,4-9H2,1-3H3. The topological polar surface area (TPSA) is 44.8 Å². The van der Waals surface area contributed by atoms with Crippen molar-refractivity contribution in [2.45, 2.75) is 13.0 Å². The molecule has 0 aromatic heterocycles. The van der Waals surface area contributed by atoms with Crippen molar-refractivity contribution in [2.75, 3.05) is 53.5 Å². The summed E-state index contributed by atoms with van der Waals surface area (Å²) in [5.41, 5.74) is 0. The van der Waals surface area contributed by atoms with Crippen LogP contribution in [0.4, 0.5) is 0 Å². The van der Waals surface area contributed by atoms with Gasteiger partial charge in [-0.25, -0.2) is 0 Å².